The molecule has 0 unspecified atom stereocenters. The number of fused-ring (bicyclic) bond motifs is 1. The molecule has 2 amide bonds. The van der Waals surface area contributed by atoms with Crippen molar-refractivity contribution >= 4 is 17.5 Å². The summed E-state index contributed by atoms with van der Waals surface area (Å²) >= 11 is 0. The number of hydrogen-bond donors (Lipinski definition) is 2. The maximum absolute atomic E-state index is 12.1. The summed E-state index contributed by atoms with van der Waals surface area (Å²) in [5, 5.41) is 2.91. The number of anilines is 1. The second kappa shape index (κ2) is 6.47. The molecular weight excluding hydrogens is 270 g/mol. The molecule has 0 bridgehead atoms. The summed E-state index contributed by atoms with van der Waals surface area (Å²) in [6, 6.07) is 7.44. The van der Waals surface area contributed by atoms with Crippen LogP contribution in [0.5, 0.6) is 5.75 Å². The molecule has 0 spiro atoms. The Kier molecular flexibility index (Phi) is 4.67. The molecular formula is C15H21N3O3. The van der Waals surface area contributed by atoms with Crippen molar-refractivity contribution in [3.63, 3.8) is 0 Å². The Hall–Kier alpha value is -2.24. The first kappa shape index (κ1) is 15.2. The molecule has 21 heavy (non-hydrogen) atoms. The minimum Gasteiger partial charge on any atom is -0.477 e. The molecule has 6 nitrogen and oxygen atoms in total. The van der Waals surface area contributed by atoms with Crippen LogP contribution in [0.15, 0.2) is 24.3 Å². The quantitative estimate of drug-likeness (QED) is 0.834. The number of nitrogens with zero attached hydrogens (tertiary/aromatic N) is 1. The number of primary amides is 1. The molecule has 0 fully saturated rings. The summed E-state index contributed by atoms with van der Waals surface area (Å²) in [7, 11) is 0. The van der Waals surface area contributed by atoms with Gasteiger partial charge in [-0.25, -0.2) is 0 Å². The molecule has 3 N–H and O–H groups in total. The predicted molar refractivity (Wildman–Crippen MR) is 80.2 cm³/mol. The van der Waals surface area contributed by atoms with Gasteiger partial charge in [-0.15, -0.1) is 0 Å². The average Bonchev–Trinajstić information content (AvgIpc) is 2.46. The van der Waals surface area contributed by atoms with E-state index < -0.39 is 12.0 Å². The van der Waals surface area contributed by atoms with Crippen molar-refractivity contribution in [1.29, 1.82) is 0 Å². The van der Waals surface area contributed by atoms with Crippen LogP contribution in [0.25, 0.3) is 0 Å². The third kappa shape index (κ3) is 3.65. The lowest BCUT2D eigenvalue weighted by molar-refractivity contribution is -0.125. The lowest BCUT2D eigenvalue weighted by atomic mass is 10.1. The average molecular weight is 291 g/mol. The van der Waals surface area contributed by atoms with Crippen molar-refractivity contribution < 1.29 is 14.3 Å². The second-order valence-corrected chi connectivity index (χ2v) is 5.23. The first-order valence-electron chi connectivity index (χ1n) is 7.10. The maximum atomic E-state index is 12.1. The van der Waals surface area contributed by atoms with Gasteiger partial charge in [0.2, 0.25) is 5.91 Å². The monoisotopic (exact) mass is 291 g/mol. The van der Waals surface area contributed by atoms with Crippen LogP contribution in [-0.2, 0) is 9.59 Å². The number of amides is 2. The van der Waals surface area contributed by atoms with E-state index in [1.807, 2.05) is 36.9 Å². The lowest BCUT2D eigenvalue weighted by Crippen LogP contribution is -2.50. The van der Waals surface area contributed by atoms with E-state index in [9.17, 15) is 9.59 Å². The van der Waals surface area contributed by atoms with E-state index in [1.165, 1.54) is 0 Å². The van der Waals surface area contributed by atoms with E-state index in [1.54, 1.807) is 6.07 Å². The van der Waals surface area contributed by atoms with Gasteiger partial charge in [-0.05, 0) is 25.5 Å². The largest absolute Gasteiger partial charge is 0.477 e. The molecule has 0 radical (unpaired) electrons. The zero-order valence-corrected chi connectivity index (χ0v) is 12.3. The van der Waals surface area contributed by atoms with Crippen LogP contribution < -0.4 is 20.7 Å². The molecule has 114 valence electrons. The summed E-state index contributed by atoms with van der Waals surface area (Å²) < 4.78 is 5.56. The van der Waals surface area contributed by atoms with Gasteiger partial charge in [0.15, 0.2) is 6.10 Å². The van der Waals surface area contributed by atoms with Crippen molar-refractivity contribution in [3.8, 4) is 5.75 Å². The molecule has 0 saturated heterocycles. The van der Waals surface area contributed by atoms with Crippen LogP contribution in [0, 0.1) is 0 Å². The number of ether oxygens (including phenoxy) is 1. The molecule has 2 atom stereocenters. The first-order valence-corrected chi connectivity index (χ1v) is 7.10. The number of carbonyl (C=O) groups excluding carboxylic acids is 2. The number of nitrogens with two attached hydrogens (primary N) is 1. The number of carbonyl (C=O) groups is 2. The van der Waals surface area contributed by atoms with Crippen LogP contribution >= 0.6 is 0 Å². The molecule has 1 aromatic carbocycles. The van der Waals surface area contributed by atoms with Crippen LogP contribution in [0.2, 0.25) is 0 Å². The van der Waals surface area contributed by atoms with Crippen molar-refractivity contribution in [1.82, 2.24) is 5.32 Å². The maximum Gasteiger partial charge on any atom is 0.260 e. The summed E-state index contributed by atoms with van der Waals surface area (Å²) in [6.07, 6.45) is 0.131. The highest BCUT2D eigenvalue weighted by Crippen LogP contribution is 2.32. The first-order chi connectivity index (χ1) is 10.0. The van der Waals surface area contributed by atoms with E-state index >= 15 is 0 Å². The SMILES string of the molecule is CC[C@H](C)NC(=O)CN1C[C@H](C(N)=O)Oc2ccccc21. The Labute approximate surface area is 124 Å². The predicted octanol–water partition coefficient (Wildman–Crippen LogP) is 0.654. The van der Waals surface area contributed by atoms with Crippen molar-refractivity contribution in [2.45, 2.75) is 32.4 Å². The normalized spacial score (nSPS) is 18.4. The Balaban J connectivity index is 2.14. The number of rotatable bonds is 5. The Morgan fingerprint density at radius 1 is 1.48 bits per heavy atom. The van der Waals surface area contributed by atoms with Gasteiger partial charge in [-0.3, -0.25) is 9.59 Å². The van der Waals surface area contributed by atoms with E-state index in [4.69, 9.17) is 10.5 Å². The molecule has 0 aromatic heterocycles. The van der Waals surface area contributed by atoms with Crippen molar-refractivity contribution in [2.24, 2.45) is 5.73 Å². The molecule has 1 heterocycles. The third-order valence-electron chi connectivity index (χ3n) is 3.53. The number of nitrogens with one attached hydrogen (secondary N) is 1. The summed E-state index contributed by atoms with van der Waals surface area (Å²) in [5.74, 6) is -0.0370. The molecule has 1 aliphatic rings. The fourth-order valence-corrected chi connectivity index (χ4v) is 2.20. The lowest BCUT2D eigenvalue weighted by Gasteiger charge is -2.34. The smallest absolute Gasteiger partial charge is 0.260 e. The van der Waals surface area contributed by atoms with Gasteiger partial charge in [0.05, 0.1) is 18.8 Å². The van der Waals surface area contributed by atoms with Gasteiger partial charge >= 0.3 is 0 Å². The highest BCUT2D eigenvalue weighted by atomic mass is 16.5. The summed E-state index contributed by atoms with van der Waals surface area (Å²) in [6.45, 7) is 4.42. The fraction of sp³-hybridized carbons (Fsp3) is 0.467. The minimum absolute atomic E-state index is 0.0794. The Bertz CT molecular complexity index is 533. The van der Waals surface area contributed by atoms with E-state index in [-0.39, 0.29) is 25.0 Å². The zero-order chi connectivity index (χ0) is 15.4. The van der Waals surface area contributed by atoms with Crippen molar-refractivity contribution in [2.75, 3.05) is 18.0 Å². The molecule has 1 aromatic rings. The molecule has 0 aliphatic carbocycles. The van der Waals surface area contributed by atoms with Crippen LogP contribution in [0.4, 0.5) is 5.69 Å². The van der Waals surface area contributed by atoms with Gasteiger partial charge in [-0.1, -0.05) is 19.1 Å². The minimum atomic E-state index is -0.740. The molecule has 6 heteroatoms. The van der Waals surface area contributed by atoms with E-state index in [0.29, 0.717) is 5.75 Å². The summed E-state index contributed by atoms with van der Waals surface area (Å²) in [5.41, 5.74) is 6.13. The van der Waals surface area contributed by atoms with Crippen molar-refractivity contribution in [3.05, 3.63) is 24.3 Å². The number of para-hydroxylation sites is 2. The van der Waals surface area contributed by atoms with Crippen LogP contribution in [0.3, 0.4) is 0 Å². The van der Waals surface area contributed by atoms with Gasteiger partial charge < -0.3 is 20.7 Å². The fourth-order valence-electron chi connectivity index (χ4n) is 2.20. The van der Waals surface area contributed by atoms with E-state index in [2.05, 4.69) is 5.32 Å². The third-order valence-corrected chi connectivity index (χ3v) is 3.53. The van der Waals surface area contributed by atoms with E-state index in [0.717, 1.165) is 12.1 Å². The van der Waals surface area contributed by atoms with Crippen LogP contribution in [0.1, 0.15) is 20.3 Å². The second-order valence-electron chi connectivity index (χ2n) is 5.23. The molecule has 2 rings (SSSR count). The number of hydrogen-bond acceptors (Lipinski definition) is 4. The molecule has 1 aliphatic heterocycles. The van der Waals surface area contributed by atoms with Gasteiger partial charge in [0.1, 0.15) is 5.75 Å². The Morgan fingerprint density at radius 2 is 2.19 bits per heavy atom. The van der Waals surface area contributed by atoms with Gasteiger partial charge in [0, 0.05) is 6.04 Å². The number of benzene rings is 1. The topological polar surface area (TPSA) is 84.7 Å². The highest BCUT2D eigenvalue weighted by Gasteiger charge is 2.30. The summed E-state index contributed by atoms with van der Waals surface area (Å²) in [4.78, 5) is 25.3. The standard InChI is InChI=1S/C15H21N3O3/c1-3-10(2)17-14(19)9-18-8-13(15(16)20)21-12-7-5-4-6-11(12)18/h4-7,10,13H,3,8-9H2,1-2H3,(H2,16,20)(H,17,19)/t10-,13+/m0/s1. The Morgan fingerprint density at radius 3 is 2.86 bits per heavy atom. The zero-order valence-electron chi connectivity index (χ0n) is 12.3. The van der Waals surface area contributed by atoms with Crippen LogP contribution in [-0.4, -0.2) is 37.0 Å². The highest BCUT2D eigenvalue weighted by molar-refractivity contribution is 5.85. The molecule has 0 saturated carbocycles. The van der Waals surface area contributed by atoms with Gasteiger partial charge in [0.25, 0.3) is 5.91 Å². The van der Waals surface area contributed by atoms with Gasteiger partial charge in [-0.2, -0.15) is 0 Å².